The predicted octanol–water partition coefficient (Wildman–Crippen LogP) is 1.90. The Morgan fingerprint density at radius 2 is 2.03 bits per heavy atom. The van der Waals surface area contributed by atoms with Crippen LogP contribution in [-0.4, -0.2) is 33.4 Å². The highest BCUT2D eigenvalue weighted by Crippen LogP contribution is 2.37. The molecule has 1 amide bonds. The van der Waals surface area contributed by atoms with Crippen LogP contribution in [0.5, 0.6) is 17.2 Å². The molecule has 0 aliphatic heterocycles. The Morgan fingerprint density at radius 3 is 2.70 bits per heavy atom. The van der Waals surface area contributed by atoms with Gasteiger partial charge in [0.05, 0.1) is 19.6 Å². The van der Waals surface area contributed by atoms with Crippen molar-refractivity contribution in [2.24, 2.45) is 0 Å². The maximum atomic E-state index is 12.6. The number of nitrogens with zero attached hydrogens (tertiary/aromatic N) is 2. The molecule has 30 heavy (non-hydrogen) atoms. The summed E-state index contributed by atoms with van der Waals surface area (Å²) in [4.78, 5) is 28.7. The molecule has 0 aliphatic carbocycles. The number of benzene rings is 1. The Morgan fingerprint density at radius 1 is 1.27 bits per heavy atom. The topological polar surface area (TPSA) is 148 Å². The molecule has 3 aromatic rings. The zero-order valence-electron chi connectivity index (χ0n) is 16.6. The minimum atomic E-state index is -0.823. The van der Waals surface area contributed by atoms with Crippen molar-refractivity contribution in [1.82, 2.24) is 15.5 Å². The lowest BCUT2D eigenvalue weighted by Gasteiger charge is -2.18. The maximum Gasteiger partial charge on any atom is 0.246 e. The first-order valence-electron chi connectivity index (χ1n) is 9.05. The molecule has 3 rings (SSSR count). The molecule has 0 saturated heterocycles. The number of methoxy groups -OCH3 is 1. The van der Waals surface area contributed by atoms with Crippen molar-refractivity contribution in [1.29, 1.82) is 0 Å². The summed E-state index contributed by atoms with van der Waals surface area (Å²) >= 11 is 0. The van der Waals surface area contributed by atoms with Crippen LogP contribution in [0.1, 0.15) is 41.1 Å². The maximum absolute atomic E-state index is 12.6. The summed E-state index contributed by atoms with van der Waals surface area (Å²) in [6, 6.07) is 5.62. The van der Waals surface area contributed by atoms with Gasteiger partial charge in [0.15, 0.2) is 23.1 Å². The minimum Gasteiger partial charge on any atom is -0.504 e. The Kier molecular flexibility index (Phi) is 6.05. The second-order valence-electron chi connectivity index (χ2n) is 6.63. The third-order valence-electron chi connectivity index (χ3n) is 4.39. The molecule has 0 spiro atoms. The monoisotopic (exact) mass is 415 g/mol. The average Bonchev–Trinajstić information content (AvgIpc) is 3.13. The first-order valence-corrected chi connectivity index (χ1v) is 9.05. The Hall–Kier alpha value is -3.82. The molecule has 10 heteroatoms. The molecule has 1 atom stereocenters. The van der Waals surface area contributed by atoms with Crippen LogP contribution in [0.2, 0.25) is 0 Å². The highest BCUT2D eigenvalue weighted by atomic mass is 16.5. The number of carbonyl (C=O) groups is 1. The molecule has 0 fully saturated rings. The second kappa shape index (κ2) is 8.68. The smallest absolute Gasteiger partial charge is 0.246 e. The minimum absolute atomic E-state index is 0.0229. The summed E-state index contributed by atoms with van der Waals surface area (Å²) in [5.74, 6) is -0.823. The zero-order valence-corrected chi connectivity index (χ0v) is 16.6. The van der Waals surface area contributed by atoms with Crippen molar-refractivity contribution in [3.05, 3.63) is 63.3 Å². The van der Waals surface area contributed by atoms with E-state index >= 15 is 0 Å². The molecule has 158 valence electrons. The second-order valence-corrected chi connectivity index (χ2v) is 6.63. The van der Waals surface area contributed by atoms with Gasteiger partial charge in [0.1, 0.15) is 5.76 Å². The molecule has 2 heterocycles. The average molecular weight is 415 g/mol. The number of hydrogen-bond donors (Lipinski definition) is 3. The first kappa shape index (κ1) is 20.9. The molecule has 0 saturated carbocycles. The fourth-order valence-electron chi connectivity index (χ4n) is 2.98. The van der Waals surface area contributed by atoms with Gasteiger partial charge in [0.2, 0.25) is 23.0 Å². The van der Waals surface area contributed by atoms with Gasteiger partial charge in [-0.15, -0.1) is 0 Å². The van der Waals surface area contributed by atoms with Crippen LogP contribution in [0.4, 0.5) is 0 Å². The fourth-order valence-corrected chi connectivity index (χ4v) is 2.98. The fraction of sp³-hybridized carbons (Fsp3) is 0.300. The number of hydrogen-bond acceptors (Lipinski definition) is 9. The van der Waals surface area contributed by atoms with E-state index in [0.717, 1.165) is 6.07 Å². The van der Waals surface area contributed by atoms with Crippen LogP contribution in [0, 0.1) is 13.8 Å². The molecule has 0 radical (unpaired) electrons. The van der Waals surface area contributed by atoms with E-state index in [1.54, 1.807) is 19.9 Å². The number of carbonyl (C=O) groups excluding carboxylic acids is 1. The Bertz CT molecular complexity index is 1120. The number of aryl methyl sites for hydroxylation is 2. The van der Waals surface area contributed by atoms with Gasteiger partial charge in [-0.2, -0.15) is 4.98 Å². The predicted molar refractivity (Wildman–Crippen MR) is 103 cm³/mol. The third-order valence-corrected chi connectivity index (χ3v) is 4.39. The number of nitrogens with one attached hydrogen (secondary N) is 1. The number of aromatic hydroxyl groups is 2. The van der Waals surface area contributed by atoms with Crippen molar-refractivity contribution in [2.75, 3.05) is 7.11 Å². The lowest BCUT2D eigenvalue weighted by atomic mass is 9.91. The molecule has 0 bridgehead atoms. The van der Waals surface area contributed by atoms with Crippen LogP contribution in [0.3, 0.4) is 0 Å². The summed E-state index contributed by atoms with van der Waals surface area (Å²) in [7, 11) is 1.39. The number of rotatable bonds is 7. The van der Waals surface area contributed by atoms with Crippen LogP contribution >= 0.6 is 0 Å². The summed E-state index contributed by atoms with van der Waals surface area (Å²) in [5, 5.41) is 26.5. The number of phenols is 1. The number of aromatic nitrogens is 2. The Balaban J connectivity index is 1.93. The van der Waals surface area contributed by atoms with Gasteiger partial charge >= 0.3 is 0 Å². The molecular weight excluding hydrogens is 394 g/mol. The van der Waals surface area contributed by atoms with E-state index < -0.39 is 23.0 Å². The Labute approximate surface area is 171 Å². The summed E-state index contributed by atoms with van der Waals surface area (Å²) in [6.07, 6.45) is -0.166. The lowest BCUT2D eigenvalue weighted by Crippen LogP contribution is -2.25. The SMILES string of the molecule is COc1cc([C@@H](CC(=O)NCc2nc(C)no2)c2oc(C)cc(=O)c2O)ccc1O. The lowest BCUT2D eigenvalue weighted by molar-refractivity contribution is -0.121. The molecule has 2 aromatic heterocycles. The molecule has 3 N–H and O–H groups in total. The van der Waals surface area contributed by atoms with E-state index in [1.165, 1.54) is 19.2 Å². The van der Waals surface area contributed by atoms with Crippen LogP contribution < -0.4 is 15.5 Å². The standard InChI is InChI=1S/C20H21N3O7/c1-10-6-15(25)19(27)20(29-10)13(12-4-5-14(24)16(7-12)28-3)8-17(26)21-9-18-22-11(2)23-30-18/h4-7,13,24,27H,8-9H2,1-3H3,(H,21,26)/t13-/m1/s1. The molecule has 10 nitrogen and oxygen atoms in total. The van der Waals surface area contributed by atoms with Gasteiger partial charge in [0.25, 0.3) is 0 Å². The van der Waals surface area contributed by atoms with E-state index in [1.807, 2.05) is 0 Å². The summed E-state index contributed by atoms with van der Waals surface area (Å²) < 4.78 is 15.7. The van der Waals surface area contributed by atoms with Gasteiger partial charge < -0.3 is 29.2 Å². The van der Waals surface area contributed by atoms with Crippen molar-refractivity contribution in [3.8, 4) is 17.2 Å². The van der Waals surface area contributed by atoms with Gasteiger partial charge in [0, 0.05) is 12.5 Å². The zero-order chi connectivity index (χ0) is 21.8. The van der Waals surface area contributed by atoms with Crippen molar-refractivity contribution in [2.45, 2.75) is 32.7 Å². The van der Waals surface area contributed by atoms with Crippen molar-refractivity contribution < 1.29 is 28.7 Å². The van der Waals surface area contributed by atoms with E-state index in [-0.39, 0.29) is 41.9 Å². The molecular formula is C20H21N3O7. The quantitative estimate of drug-likeness (QED) is 0.526. The van der Waals surface area contributed by atoms with Gasteiger partial charge in [-0.25, -0.2) is 0 Å². The highest BCUT2D eigenvalue weighted by molar-refractivity contribution is 5.77. The van der Waals surface area contributed by atoms with Gasteiger partial charge in [-0.05, 0) is 31.5 Å². The normalized spacial score (nSPS) is 11.8. The van der Waals surface area contributed by atoms with E-state index in [4.69, 9.17) is 13.7 Å². The van der Waals surface area contributed by atoms with Crippen LogP contribution in [0.15, 0.2) is 38.0 Å². The molecule has 0 aliphatic rings. The van der Waals surface area contributed by atoms with E-state index in [2.05, 4.69) is 15.5 Å². The van der Waals surface area contributed by atoms with Crippen molar-refractivity contribution in [3.63, 3.8) is 0 Å². The summed E-state index contributed by atoms with van der Waals surface area (Å²) in [6.45, 7) is 3.25. The number of ether oxygens (including phenoxy) is 1. The number of amides is 1. The first-order chi connectivity index (χ1) is 14.3. The number of phenolic OH excluding ortho intramolecular Hbond substituents is 1. The van der Waals surface area contributed by atoms with E-state index in [0.29, 0.717) is 11.4 Å². The van der Waals surface area contributed by atoms with Crippen LogP contribution in [-0.2, 0) is 11.3 Å². The van der Waals surface area contributed by atoms with Crippen molar-refractivity contribution >= 4 is 5.91 Å². The van der Waals surface area contributed by atoms with E-state index in [9.17, 15) is 19.8 Å². The molecule has 0 unspecified atom stereocenters. The van der Waals surface area contributed by atoms with Crippen LogP contribution in [0.25, 0.3) is 0 Å². The van der Waals surface area contributed by atoms with Gasteiger partial charge in [-0.1, -0.05) is 11.2 Å². The largest absolute Gasteiger partial charge is 0.504 e. The molecule has 1 aromatic carbocycles. The summed E-state index contributed by atoms with van der Waals surface area (Å²) in [5.41, 5.74) is -0.122. The third kappa shape index (κ3) is 4.59. The van der Waals surface area contributed by atoms with Gasteiger partial charge in [-0.3, -0.25) is 9.59 Å². The highest BCUT2D eigenvalue weighted by Gasteiger charge is 2.27.